The van der Waals surface area contributed by atoms with Gasteiger partial charge >= 0.3 is 0 Å². The second-order valence-electron chi connectivity index (χ2n) is 2.12. The smallest absolute Gasteiger partial charge is 0.245 e. The monoisotopic (exact) mass is 144 g/mol. The van der Waals surface area contributed by atoms with Crippen LogP contribution in [0.1, 0.15) is 26.2 Å². The van der Waals surface area contributed by atoms with Crippen molar-refractivity contribution in [2.45, 2.75) is 26.2 Å². The minimum absolute atomic E-state index is 0.125. The molecule has 0 aromatic rings. The van der Waals surface area contributed by atoms with Gasteiger partial charge in [0.2, 0.25) is 5.91 Å². The van der Waals surface area contributed by atoms with Crippen molar-refractivity contribution in [1.29, 1.82) is 0 Å². The zero-order chi connectivity index (χ0) is 7.98. The number of rotatable bonds is 4. The fourth-order valence-corrected chi connectivity index (χ4v) is 0.562. The Bertz CT molecular complexity index is 104. The second-order valence-corrected chi connectivity index (χ2v) is 2.12. The third-order valence-electron chi connectivity index (χ3n) is 1.23. The van der Waals surface area contributed by atoms with E-state index in [0.717, 1.165) is 17.9 Å². The first-order chi connectivity index (χ1) is 4.72. The Morgan fingerprint density at radius 1 is 1.70 bits per heavy atom. The summed E-state index contributed by atoms with van der Waals surface area (Å²) in [5.74, 6) is -0.312. The zero-order valence-corrected chi connectivity index (χ0v) is 6.34. The molecule has 0 aliphatic rings. The van der Waals surface area contributed by atoms with E-state index in [1.54, 1.807) is 0 Å². The van der Waals surface area contributed by atoms with Crippen LogP contribution in [-0.2, 0) is 4.79 Å². The van der Waals surface area contributed by atoms with Gasteiger partial charge in [-0.2, -0.15) is 0 Å². The third kappa shape index (κ3) is 3.45. The average Bonchev–Trinajstić information content (AvgIpc) is 1.98. The summed E-state index contributed by atoms with van der Waals surface area (Å²) in [7, 11) is 0. The lowest BCUT2D eigenvalue weighted by Crippen LogP contribution is -2.27. The molecule has 0 atom stereocenters. The molecular formula is C7H14NO2. The fraction of sp³-hybridized carbons (Fsp3) is 0.714. The van der Waals surface area contributed by atoms with Gasteiger partial charge < -0.3 is 0 Å². The molecule has 0 unspecified atom stereocenters. The molecule has 0 heterocycles. The van der Waals surface area contributed by atoms with Crippen molar-refractivity contribution >= 4 is 5.91 Å². The van der Waals surface area contributed by atoms with E-state index in [0.29, 0.717) is 6.54 Å². The molecule has 0 fully saturated rings. The summed E-state index contributed by atoms with van der Waals surface area (Å²) >= 11 is 0. The lowest BCUT2D eigenvalue weighted by atomic mass is 10.3. The van der Waals surface area contributed by atoms with Crippen LogP contribution >= 0.6 is 0 Å². The lowest BCUT2D eigenvalue weighted by molar-refractivity contribution is -0.164. The molecule has 0 spiro atoms. The number of carbonyl (C=O) groups is 1. The van der Waals surface area contributed by atoms with Gasteiger partial charge in [0, 0.05) is 13.0 Å². The Kier molecular flexibility index (Phi) is 4.94. The molecule has 0 bridgehead atoms. The Morgan fingerprint density at radius 2 is 2.30 bits per heavy atom. The van der Waals surface area contributed by atoms with Gasteiger partial charge in [-0.25, -0.2) is 5.06 Å². The first-order valence-electron chi connectivity index (χ1n) is 3.50. The summed E-state index contributed by atoms with van der Waals surface area (Å²) in [6, 6.07) is 0. The number of hydrogen-bond acceptors (Lipinski definition) is 2. The van der Waals surface area contributed by atoms with Crippen LogP contribution in [0.2, 0.25) is 0 Å². The lowest BCUT2D eigenvalue weighted by Gasteiger charge is -2.12. The van der Waals surface area contributed by atoms with Crippen LogP contribution in [0.3, 0.4) is 0 Å². The third-order valence-corrected chi connectivity index (χ3v) is 1.23. The average molecular weight is 144 g/mol. The zero-order valence-electron chi connectivity index (χ0n) is 6.34. The maximum atomic E-state index is 10.6. The van der Waals surface area contributed by atoms with E-state index in [4.69, 9.17) is 5.21 Å². The highest BCUT2D eigenvalue weighted by molar-refractivity contribution is 5.75. The van der Waals surface area contributed by atoms with Gasteiger partial charge in [0.25, 0.3) is 0 Å². The highest BCUT2D eigenvalue weighted by atomic mass is 16.5. The Hall–Kier alpha value is -0.570. The molecule has 10 heavy (non-hydrogen) atoms. The van der Waals surface area contributed by atoms with Gasteiger partial charge in [-0.15, -0.1) is 0 Å². The molecule has 3 nitrogen and oxygen atoms in total. The van der Waals surface area contributed by atoms with Crippen LogP contribution in [0.5, 0.6) is 0 Å². The van der Waals surface area contributed by atoms with Crippen molar-refractivity contribution in [3.63, 3.8) is 0 Å². The molecular weight excluding hydrogens is 130 g/mol. The molecule has 0 aromatic heterocycles. The van der Waals surface area contributed by atoms with Crippen molar-refractivity contribution in [2.75, 3.05) is 6.54 Å². The second kappa shape index (κ2) is 5.23. The van der Waals surface area contributed by atoms with Gasteiger partial charge in [-0.3, -0.25) is 10.0 Å². The van der Waals surface area contributed by atoms with Crippen LogP contribution in [0, 0.1) is 6.92 Å². The first kappa shape index (κ1) is 9.43. The number of nitrogens with zero attached hydrogens (tertiary/aromatic N) is 1. The van der Waals surface area contributed by atoms with Gasteiger partial charge in [-0.05, 0) is 13.3 Å². The summed E-state index contributed by atoms with van der Waals surface area (Å²) < 4.78 is 0. The Labute approximate surface area is 61.6 Å². The molecule has 0 saturated heterocycles. The molecule has 1 radical (unpaired) electrons. The van der Waals surface area contributed by atoms with Crippen LogP contribution in [0.15, 0.2) is 0 Å². The summed E-state index contributed by atoms with van der Waals surface area (Å²) in [5, 5.41) is 9.63. The van der Waals surface area contributed by atoms with Gasteiger partial charge in [0.05, 0.1) is 0 Å². The van der Waals surface area contributed by atoms with Crippen LogP contribution in [0.4, 0.5) is 0 Å². The molecule has 0 aromatic carbocycles. The van der Waals surface area contributed by atoms with Crippen molar-refractivity contribution in [1.82, 2.24) is 5.06 Å². The minimum atomic E-state index is -0.312. The van der Waals surface area contributed by atoms with E-state index in [2.05, 4.69) is 6.92 Å². The standard InChI is InChI=1S/C7H14NO2/c1-3-5-6-8(10)7(9)4-2/h10H,2-6H2,1H3. The Morgan fingerprint density at radius 3 is 2.70 bits per heavy atom. The number of hydroxylamine groups is 2. The quantitative estimate of drug-likeness (QED) is 0.476. The normalized spacial score (nSPS) is 9.50. The number of hydrogen-bond donors (Lipinski definition) is 1. The largest absolute Gasteiger partial charge is 0.286 e. The predicted octanol–water partition coefficient (Wildman–Crippen LogP) is 1.23. The maximum absolute atomic E-state index is 10.6. The van der Waals surface area contributed by atoms with Crippen LogP contribution in [0.25, 0.3) is 0 Å². The molecule has 0 saturated carbocycles. The van der Waals surface area contributed by atoms with E-state index < -0.39 is 0 Å². The molecule has 59 valence electrons. The van der Waals surface area contributed by atoms with E-state index in [1.807, 2.05) is 6.92 Å². The molecule has 0 aliphatic carbocycles. The minimum Gasteiger partial charge on any atom is -0.286 e. The van der Waals surface area contributed by atoms with Gasteiger partial charge in [0.15, 0.2) is 0 Å². The van der Waals surface area contributed by atoms with Crippen LogP contribution < -0.4 is 0 Å². The van der Waals surface area contributed by atoms with E-state index >= 15 is 0 Å². The van der Waals surface area contributed by atoms with Crippen molar-refractivity contribution in [3.8, 4) is 0 Å². The summed E-state index contributed by atoms with van der Waals surface area (Å²) in [4.78, 5) is 10.6. The van der Waals surface area contributed by atoms with Gasteiger partial charge in [-0.1, -0.05) is 13.3 Å². The number of unbranched alkanes of at least 4 members (excludes halogenated alkanes) is 1. The summed E-state index contributed by atoms with van der Waals surface area (Å²) in [5.41, 5.74) is 0. The highest BCUT2D eigenvalue weighted by Crippen LogP contribution is 1.93. The topological polar surface area (TPSA) is 40.5 Å². The van der Waals surface area contributed by atoms with Crippen molar-refractivity contribution in [2.24, 2.45) is 0 Å². The summed E-state index contributed by atoms with van der Waals surface area (Å²) in [6.07, 6.45) is 1.93. The molecule has 0 rings (SSSR count). The maximum Gasteiger partial charge on any atom is 0.245 e. The molecule has 1 N–H and O–H groups in total. The van der Waals surface area contributed by atoms with Gasteiger partial charge in [0.1, 0.15) is 0 Å². The highest BCUT2D eigenvalue weighted by Gasteiger charge is 2.05. The molecule has 0 aliphatic heterocycles. The fourth-order valence-electron chi connectivity index (χ4n) is 0.562. The summed E-state index contributed by atoms with van der Waals surface area (Å²) in [6.45, 7) is 5.79. The Balaban J connectivity index is 3.41. The SMILES string of the molecule is [CH2]CC(=O)N(O)CCCC. The van der Waals surface area contributed by atoms with E-state index in [9.17, 15) is 4.79 Å². The number of amides is 1. The molecule has 1 amide bonds. The van der Waals surface area contributed by atoms with Crippen molar-refractivity contribution < 1.29 is 10.0 Å². The van der Waals surface area contributed by atoms with Crippen molar-refractivity contribution in [3.05, 3.63) is 6.92 Å². The number of carbonyl (C=O) groups excluding carboxylic acids is 1. The van der Waals surface area contributed by atoms with E-state index in [-0.39, 0.29) is 12.3 Å². The predicted molar refractivity (Wildman–Crippen MR) is 38.4 cm³/mol. The van der Waals surface area contributed by atoms with Crippen LogP contribution in [-0.4, -0.2) is 22.7 Å². The molecule has 3 heteroatoms. The first-order valence-corrected chi connectivity index (χ1v) is 3.50. The van der Waals surface area contributed by atoms with E-state index in [1.165, 1.54) is 0 Å².